The maximum atomic E-state index is 12.9. The number of carbonyl (C=O) groups excluding carboxylic acids is 1. The van der Waals surface area contributed by atoms with Crippen molar-refractivity contribution in [2.75, 3.05) is 17.2 Å². The Morgan fingerprint density at radius 3 is 2.81 bits per heavy atom. The van der Waals surface area contributed by atoms with Gasteiger partial charge in [-0.05, 0) is 65.0 Å². The second-order valence-corrected chi connectivity index (χ2v) is 6.14. The normalized spacial score (nSPS) is 14.4. The Bertz CT molecular complexity index is 684. The summed E-state index contributed by atoms with van der Waals surface area (Å²) in [5.74, 6) is 0.00326. The number of para-hydroxylation sites is 1. The molecule has 0 spiro atoms. The van der Waals surface area contributed by atoms with Crippen molar-refractivity contribution in [3.8, 4) is 0 Å². The summed E-state index contributed by atoms with van der Waals surface area (Å²) in [5, 5.41) is 0. The number of hydrogen-bond donors (Lipinski definition) is 1. The molecule has 108 valence electrons. The molecule has 4 heteroatoms. The van der Waals surface area contributed by atoms with Gasteiger partial charge in [0.05, 0.1) is 5.56 Å². The Morgan fingerprint density at radius 1 is 1.14 bits per heavy atom. The van der Waals surface area contributed by atoms with E-state index in [-0.39, 0.29) is 5.91 Å². The lowest BCUT2D eigenvalue weighted by Gasteiger charge is -2.23. The van der Waals surface area contributed by atoms with E-state index in [1.807, 2.05) is 29.2 Å². The van der Waals surface area contributed by atoms with Crippen molar-refractivity contribution >= 4 is 33.2 Å². The first-order valence-electron chi connectivity index (χ1n) is 7.11. The van der Waals surface area contributed by atoms with Gasteiger partial charge < -0.3 is 10.6 Å². The van der Waals surface area contributed by atoms with E-state index in [1.54, 1.807) is 12.1 Å². The minimum absolute atomic E-state index is 0.00326. The SMILES string of the molecule is Nc1ccc(Br)c(C(=O)N2CCCCc3ccccc32)c1. The molecule has 0 atom stereocenters. The summed E-state index contributed by atoms with van der Waals surface area (Å²) >= 11 is 3.45. The lowest BCUT2D eigenvalue weighted by atomic mass is 10.1. The Kier molecular flexibility index (Phi) is 3.97. The molecule has 2 aromatic carbocycles. The highest BCUT2D eigenvalue weighted by atomic mass is 79.9. The number of nitrogens with two attached hydrogens (primary N) is 1. The molecule has 1 heterocycles. The van der Waals surface area contributed by atoms with Crippen LogP contribution in [-0.4, -0.2) is 12.5 Å². The van der Waals surface area contributed by atoms with Crippen molar-refractivity contribution in [3.63, 3.8) is 0 Å². The van der Waals surface area contributed by atoms with Crippen molar-refractivity contribution in [1.82, 2.24) is 0 Å². The third-order valence-electron chi connectivity index (χ3n) is 3.83. The lowest BCUT2D eigenvalue weighted by molar-refractivity contribution is 0.0986. The molecule has 3 nitrogen and oxygen atoms in total. The van der Waals surface area contributed by atoms with E-state index >= 15 is 0 Å². The van der Waals surface area contributed by atoms with E-state index < -0.39 is 0 Å². The molecule has 0 saturated heterocycles. The third kappa shape index (κ3) is 2.81. The number of fused-ring (bicyclic) bond motifs is 1. The Morgan fingerprint density at radius 2 is 1.95 bits per heavy atom. The van der Waals surface area contributed by atoms with Crippen LogP contribution in [0.4, 0.5) is 11.4 Å². The average Bonchev–Trinajstić information content (AvgIpc) is 2.71. The molecular formula is C17H17BrN2O. The van der Waals surface area contributed by atoms with Crippen LogP contribution in [0.5, 0.6) is 0 Å². The summed E-state index contributed by atoms with van der Waals surface area (Å²) in [5.41, 5.74) is 9.31. The van der Waals surface area contributed by atoms with Gasteiger partial charge in [0.25, 0.3) is 5.91 Å². The molecule has 1 aliphatic heterocycles. The van der Waals surface area contributed by atoms with Crippen LogP contribution in [-0.2, 0) is 6.42 Å². The summed E-state index contributed by atoms with van der Waals surface area (Å²) in [6, 6.07) is 13.5. The highest BCUT2D eigenvalue weighted by Crippen LogP contribution is 2.29. The molecule has 0 aliphatic carbocycles. The van der Waals surface area contributed by atoms with Gasteiger partial charge in [-0.25, -0.2) is 0 Å². The number of amides is 1. The predicted molar refractivity (Wildman–Crippen MR) is 89.6 cm³/mol. The molecule has 0 bridgehead atoms. The molecule has 3 rings (SSSR count). The van der Waals surface area contributed by atoms with E-state index in [1.165, 1.54) is 5.56 Å². The first-order chi connectivity index (χ1) is 10.2. The van der Waals surface area contributed by atoms with Crippen LogP contribution in [0, 0.1) is 0 Å². The average molecular weight is 345 g/mol. The summed E-state index contributed by atoms with van der Waals surface area (Å²) in [6.45, 7) is 0.747. The second kappa shape index (κ2) is 5.90. The summed E-state index contributed by atoms with van der Waals surface area (Å²) in [4.78, 5) is 14.8. The van der Waals surface area contributed by atoms with Gasteiger partial charge in [-0.2, -0.15) is 0 Å². The first-order valence-corrected chi connectivity index (χ1v) is 7.91. The van der Waals surface area contributed by atoms with E-state index in [4.69, 9.17) is 5.73 Å². The summed E-state index contributed by atoms with van der Waals surface area (Å²) in [7, 11) is 0. The number of halogens is 1. The molecule has 2 aromatic rings. The number of nitrogens with zero attached hydrogens (tertiary/aromatic N) is 1. The van der Waals surface area contributed by atoms with Crippen LogP contribution in [0.2, 0.25) is 0 Å². The quantitative estimate of drug-likeness (QED) is 0.794. The van der Waals surface area contributed by atoms with Crippen LogP contribution in [0.15, 0.2) is 46.9 Å². The zero-order valence-electron chi connectivity index (χ0n) is 11.7. The maximum Gasteiger partial charge on any atom is 0.259 e. The Hall–Kier alpha value is -1.81. The fourth-order valence-corrected chi connectivity index (χ4v) is 3.17. The third-order valence-corrected chi connectivity index (χ3v) is 4.52. The monoisotopic (exact) mass is 344 g/mol. The minimum Gasteiger partial charge on any atom is -0.399 e. The van der Waals surface area contributed by atoms with Crippen LogP contribution in [0.1, 0.15) is 28.8 Å². The smallest absolute Gasteiger partial charge is 0.259 e. The molecule has 0 fully saturated rings. The summed E-state index contributed by atoms with van der Waals surface area (Å²) < 4.78 is 0.781. The van der Waals surface area contributed by atoms with E-state index in [2.05, 4.69) is 22.0 Å². The fraction of sp³-hybridized carbons (Fsp3) is 0.235. The molecule has 1 aliphatic rings. The standard InChI is InChI=1S/C17H17BrN2O/c18-15-9-8-13(19)11-14(15)17(21)20-10-4-3-6-12-5-1-2-7-16(12)20/h1-2,5,7-9,11H,3-4,6,10,19H2. The van der Waals surface area contributed by atoms with Crippen LogP contribution < -0.4 is 10.6 Å². The molecule has 0 aromatic heterocycles. The highest BCUT2D eigenvalue weighted by Gasteiger charge is 2.23. The number of benzene rings is 2. The van der Waals surface area contributed by atoms with Gasteiger partial charge in [-0.15, -0.1) is 0 Å². The summed E-state index contributed by atoms with van der Waals surface area (Å²) in [6.07, 6.45) is 3.15. The van der Waals surface area contributed by atoms with Gasteiger partial charge in [0, 0.05) is 22.4 Å². The molecule has 0 saturated carbocycles. The van der Waals surface area contributed by atoms with Crippen LogP contribution in [0.3, 0.4) is 0 Å². The zero-order chi connectivity index (χ0) is 14.8. The van der Waals surface area contributed by atoms with Crippen molar-refractivity contribution in [2.24, 2.45) is 0 Å². The number of rotatable bonds is 1. The van der Waals surface area contributed by atoms with Crippen molar-refractivity contribution < 1.29 is 4.79 Å². The molecule has 2 N–H and O–H groups in total. The van der Waals surface area contributed by atoms with Crippen molar-refractivity contribution in [3.05, 3.63) is 58.1 Å². The van der Waals surface area contributed by atoms with Gasteiger partial charge in [0.1, 0.15) is 0 Å². The Labute approximate surface area is 132 Å². The second-order valence-electron chi connectivity index (χ2n) is 5.28. The molecule has 0 radical (unpaired) electrons. The Balaban J connectivity index is 2.03. The molecule has 21 heavy (non-hydrogen) atoms. The lowest BCUT2D eigenvalue weighted by Crippen LogP contribution is -2.32. The van der Waals surface area contributed by atoms with Gasteiger partial charge in [0.15, 0.2) is 0 Å². The number of nitrogen functional groups attached to an aromatic ring is 1. The van der Waals surface area contributed by atoms with Crippen LogP contribution >= 0.6 is 15.9 Å². The molecule has 0 unspecified atom stereocenters. The zero-order valence-corrected chi connectivity index (χ0v) is 13.3. The van der Waals surface area contributed by atoms with E-state index in [9.17, 15) is 4.79 Å². The highest BCUT2D eigenvalue weighted by molar-refractivity contribution is 9.10. The van der Waals surface area contributed by atoms with Crippen molar-refractivity contribution in [1.29, 1.82) is 0 Å². The van der Waals surface area contributed by atoms with Gasteiger partial charge in [-0.1, -0.05) is 18.2 Å². The van der Waals surface area contributed by atoms with E-state index in [0.29, 0.717) is 11.3 Å². The van der Waals surface area contributed by atoms with E-state index in [0.717, 1.165) is 36.0 Å². The minimum atomic E-state index is 0.00326. The molecular weight excluding hydrogens is 328 g/mol. The topological polar surface area (TPSA) is 46.3 Å². The number of hydrogen-bond acceptors (Lipinski definition) is 2. The van der Waals surface area contributed by atoms with Crippen LogP contribution in [0.25, 0.3) is 0 Å². The van der Waals surface area contributed by atoms with Gasteiger partial charge in [0.2, 0.25) is 0 Å². The number of anilines is 2. The first kappa shape index (κ1) is 14.1. The number of carbonyl (C=O) groups is 1. The predicted octanol–water partition coefficient (Wildman–Crippen LogP) is 4.01. The molecule has 1 amide bonds. The number of aryl methyl sites for hydroxylation is 1. The fourth-order valence-electron chi connectivity index (χ4n) is 2.75. The largest absolute Gasteiger partial charge is 0.399 e. The van der Waals surface area contributed by atoms with Gasteiger partial charge in [-0.3, -0.25) is 4.79 Å². The van der Waals surface area contributed by atoms with Crippen molar-refractivity contribution in [2.45, 2.75) is 19.3 Å². The maximum absolute atomic E-state index is 12.9. The van der Waals surface area contributed by atoms with Gasteiger partial charge >= 0.3 is 0 Å².